The maximum atomic E-state index is 9.94. The van der Waals surface area contributed by atoms with Gasteiger partial charge in [-0.15, -0.1) is 0 Å². The second-order valence-electron chi connectivity index (χ2n) is 4.11. The molecule has 0 radical (unpaired) electrons. The summed E-state index contributed by atoms with van der Waals surface area (Å²) in [4.78, 5) is 0. The van der Waals surface area contributed by atoms with Crippen molar-refractivity contribution in [3.63, 3.8) is 0 Å². The topological polar surface area (TPSA) is 29.5 Å². The SMILES string of the molecule is CC[C@]1(O)CCOC(C)(C)C1. The Morgan fingerprint density at radius 1 is 1.45 bits per heavy atom. The number of hydrogen-bond donors (Lipinski definition) is 1. The van der Waals surface area contributed by atoms with Crippen molar-refractivity contribution in [1.29, 1.82) is 0 Å². The van der Waals surface area contributed by atoms with Gasteiger partial charge in [-0.05, 0) is 26.7 Å². The molecule has 1 N–H and O–H groups in total. The lowest BCUT2D eigenvalue weighted by molar-refractivity contribution is -0.144. The Hall–Kier alpha value is -0.0800. The minimum atomic E-state index is -0.470. The van der Waals surface area contributed by atoms with E-state index in [1.54, 1.807) is 0 Å². The van der Waals surface area contributed by atoms with Gasteiger partial charge in [-0.25, -0.2) is 0 Å². The van der Waals surface area contributed by atoms with Gasteiger partial charge in [-0.3, -0.25) is 0 Å². The lowest BCUT2D eigenvalue weighted by atomic mass is 9.83. The zero-order valence-electron chi connectivity index (χ0n) is 7.68. The van der Waals surface area contributed by atoms with Crippen LogP contribution < -0.4 is 0 Å². The third kappa shape index (κ3) is 2.17. The molecular formula is C9H18O2. The Balaban J connectivity index is 2.59. The molecule has 0 saturated carbocycles. The van der Waals surface area contributed by atoms with Crippen LogP contribution in [-0.4, -0.2) is 22.9 Å². The first kappa shape index (κ1) is 9.01. The molecule has 1 aliphatic rings. The van der Waals surface area contributed by atoms with E-state index in [4.69, 9.17) is 4.74 Å². The third-order valence-corrected chi connectivity index (χ3v) is 2.47. The zero-order chi connectivity index (χ0) is 8.54. The van der Waals surface area contributed by atoms with Crippen LogP contribution in [0.4, 0.5) is 0 Å². The highest BCUT2D eigenvalue weighted by Crippen LogP contribution is 2.33. The molecule has 1 rings (SSSR count). The molecule has 0 bridgehead atoms. The zero-order valence-corrected chi connectivity index (χ0v) is 7.68. The summed E-state index contributed by atoms with van der Waals surface area (Å²) in [5.41, 5.74) is -0.606. The number of aliphatic hydroxyl groups is 1. The van der Waals surface area contributed by atoms with Crippen molar-refractivity contribution in [3.05, 3.63) is 0 Å². The fraction of sp³-hybridized carbons (Fsp3) is 1.00. The Labute approximate surface area is 68.6 Å². The van der Waals surface area contributed by atoms with Gasteiger partial charge in [0.1, 0.15) is 0 Å². The summed E-state index contributed by atoms with van der Waals surface area (Å²) < 4.78 is 5.50. The highest BCUT2D eigenvalue weighted by Gasteiger charge is 2.37. The van der Waals surface area contributed by atoms with Gasteiger partial charge in [-0.2, -0.15) is 0 Å². The van der Waals surface area contributed by atoms with E-state index < -0.39 is 5.60 Å². The summed E-state index contributed by atoms with van der Waals surface area (Å²) in [5, 5.41) is 9.94. The summed E-state index contributed by atoms with van der Waals surface area (Å²) in [7, 11) is 0. The van der Waals surface area contributed by atoms with Crippen molar-refractivity contribution in [2.45, 2.75) is 51.2 Å². The number of rotatable bonds is 1. The van der Waals surface area contributed by atoms with E-state index in [2.05, 4.69) is 0 Å². The van der Waals surface area contributed by atoms with Crippen LogP contribution in [0.25, 0.3) is 0 Å². The van der Waals surface area contributed by atoms with Gasteiger partial charge in [-0.1, -0.05) is 6.92 Å². The van der Waals surface area contributed by atoms with Crippen LogP contribution in [0.1, 0.15) is 40.0 Å². The number of hydrogen-bond acceptors (Lipinski definition) is 2. The van der Waals surface area contributed by atoms with Crippen LogP contribution in [0.5, 0.6) is 0 Å². The number of ether oxygens (including phenoxy) is 1. The first-order valence-electron chi connectivity index (χ1n) is 4.34. The molecule has 0 spiro atoms. The normalized spacial score (nSPS) is 37.1. The van der Waals surface area contributed by atoms with Crippen LogP contribution in [0.3, 0.4) is 0 Å². The Morgan fingerprint density at radius 3 is 2.45 bits per heavy atom. The summed E-state index contributed by atoms with van der Waals surface area (Å²) in [5.74, 6) is 0. The smallest absolute Gasteiger partial charge is 0.0694 e. The van der Waals surface area contributed by atoms with E-state index in [9.17, 15) is 5.11 Å². The minimum Gasteiger partial charge on any atom is -0.390 e. The van der Waals surface area contributed by atoms with Crippen molar-refractivity contribution in [3.8, 4) is 0 Å². The van der Waals surface area contributed by atoms with Gasteiger partial charge in [0, 0.05) is 6.42 Å². The van der Waals surface area contributed by atoms with E-state index >= 15 is 0 Å². The summed E-state index contributed by atoms with van der Waals surface area (Å²) in [6.45, 7) is 6.79. The lowest BCUT2D eigenvalue weighted by Crippen LogP contribution is -2.45. The Morgan fingerprint density at radius 2 is 2.09 bits per heavy atom. The van der Waals surface area contributed by atoms with Crippen molar-refractivity contribution in [2.24, 2.45) is 0 Å². The molecule has 1 saturated heterocycles. The maximum Gasteiger partial charge on any atom is 0.0694 e. The first-order chi connectivity index (χ1) is 4.97. The van der Waals surface area contributed by atoms with Gasteiger partial charge >= 0.3 is 0 Å². The van der Waals surface area contributed by atoms with E-state index in [0.29, 0.717) is 6.61 Å². The van der Waals surface area contributed by atoms with Gasteiger partial charge < -0.3 is 9.84 Å². The van der Waals surface area contributed by atoms with E-state index in [1.807, 2.05) is 20.8 Å². The molecule has 1 atom stereocenters. The first-order valence-corrected chi connectivity index (χ1v) is 4.34. The van der Waals surface area contributed by atoms with Crippen molar-refractivity contribution >= 4 is 0 Å². The molecule has 0 aromatic heterocycles. The molecule has 1 heterocycles. The highest BCUT2D eigenvalue weighted by molar-refractivity contribution is 4.89. The molecule has 1 fully saturated rings. The summed E-state index contributed by atoms with van der Waals surface area (Å²) >= 11 is 0. The molecule has 2 heteroatoms. The lowest BCUT2D eigenvalue weighted by Gasteiger charge is -2.41. The largest absolute Gasteiger partial charge is 0.390 e. The summed E-state index contributed by atoms with van der Waals surface area (Å²) in [6.07, 6.45) is 2.38. The highest BCUT2D eigenvalue weighted by atomic mass is 16.5. The predicted molar refractivity (Wildman–Crippen MR) is 44.5 cm³/mol. The van der Waals surface area contributed by atoms with Gasteiger partial charge in [0.25, 0.3) is 0 Å². The minimum absolute atomic E-state index is 0.136. The molecule has 1 aliphatic heterocycles. The fourth-order valence-corrected chi connectivity index (χ4v) is 1.75. The van der Waals surface area contributed by atoms with Crippen molar-refractivity contribution < 1.29 is 9.84 Å². The summed E-state index contributed by atoms with van der Waals surface area (Å²) in [6, 6.07) is 0. The van der Waals surface area contributed by atoms with Crippen molar-refractivity contribution in [2.75, 3.05) is 6.61 Å². The molecule has 2 nitrogen and oxygen atoms in total. The van der Waals surface area contributed by atoms with Crippen LogP contribution in [-0.2, 0) is 4.74 Å². The Kier molecular flexibility index (Phi) is 2.26. The Bertz CT molecular complexity index is 142. The van der Waals surface area contributed by atoms with E-state index in [-0.39, 0.29) is 5.60 Å². The second-order valence-corrected chi connectivity index (χ2v) is 4.11. The average molecular weight is 158 g/mol. The second kappa shape index (κ2) is 2.76. The van der Waals surface area contributed by atoms with Crippen LogP contribution in [0.15, 0.2) is 0 Å². The monoisotopic (exact) mass is 158 g/mol. The molecule has 0 unspecified atom stereocenters. The van der Waals surface area contributed by atoms with Crippen molar-refractivity contribution in [1.82, 2.24) is 0 Å². The molecular weight excluding hydrogens is 140 g/mol. The van der Waals surface area contributed by atoms with Crippen LogP contribution >= 0.6 is 0 Å². The maximum absolute atomic E-state index is 9.94. The van der Waals surface area contributed by atoms with Crippen LogP contribution in [0.2, 0.25) is 0 Å². The molecule has 11 heavy (non-hydrogen) atoms. The van der Waals surface area contributed by atoms with Gasteiger partial charge in [0.15, 0.2) is 0 Å². The predicted octanol–water partition coefficient (Wildman–Crippen LogP) is 1.72. The molecule has 0 amide bonds. The van der Waals surface area contributed by atoms with Crippen LogP contribution in [0, 0.1) is 0 Å². The molecule has 0 aromatic rings. The molecule has 0 aliphatic carbocycles. The fourth-order valence-electron chi connectivity index (χ4n) is 1.75. The molecule has 66 valence electrons. The van der Waals surface area contributed by atoms with Gasteiger partial charge in [0.05, 0.1) is 17.8 Å². The van der Waals surface area contributed by atoms with Gasteiger partial charge in [0.2, 0.25) is 0 Å². The average Bonchev–Trinajstić information content (AvgIpc) is 1.85. The van der Waals surface area contributed by atoms with E-state index in [0.717, 1.165) is 19.3 Å². The molecule has 0 aromatic carbocycles. The third-order valence-electron chi connectivity index (χ3n) is 2.47. The van der Waals surface area contributed by atoms with E-state index in [1.165, 1.54) is 0 Å². The standard InChI is InChI=1S/C9H18O2/c1-4-9(10)5-6-11-8(2,3)7-9/h10H,4-7H2,1-3H3/t9-/m0/s1. The quantitative estimate of drug-likeness (QED) is 0.629.